The van der Waals surface area contributed by atoms with Gasteiger partial charge in [0, 0.05) is 6.07 Å². The average Bonchev–Trinajstić information content (AvgIpc) is 2.26. The van der Waals surface area contributed by atoms with Crippen LogP contribution in [-0.2, 0) is 10.3 Å². The summed E-state index contributed by atoms with van der Waals surface area (Å²) >= 11 is 0. The minimum Gasteiger partial charge on any atom is -0.481 e. The van der Waals surface area contributed by atoms with Crippen LogP contribution in [0.3, 0.4) is 0 Å². The highest BCUT2D eigenvalue weighted by molar-refractivity contribution is 5.69. The Morgan fingerprint density at radius 2 is 1.95 bits per heavy atom. The Labute approximate surface area is 106 Å². The molecule has 0 aliphatic carbocycles. The van der Waals surface area contributed by atoms with Crippen LogP contribution in [0.25, 0.3) is 0 Å². The van der Waals surface area contributed by atoms with Gasteiger partial charge in [-0.3, -0.25) is 25.0 Å². The molecular formula is C10H11N3O6. The van der Waals surface area contributed by atoms with Crippen LogP contribution in [0, 0.1) is 20.2 Å². The number of nitro groups is 2. The monoisotopic (exact) mass is 269 g/mol. The summed E-state index contributed by atoms with van der Waals surface area (Å²) in [5, 5.41) is 30.2. The number of non-ortho nitro benzene ring substituents is 1. The first-order chi connectivity index (χ1) is 8.65. The largest absolute Gasteiger partial charge is 0.481 e. The molecule has 9 heteroatoms. The molecule has 19 heavy (non-hydrogen) atoms. The fourth-order valence-electron chi connectivity index (χ4n) is 1.68. The Morgan fingerprint density at radius 3 is 2.37 bits per heavy atom. The van der Waals surface area contributed by atoms with Crippen molar-refractivity contribution in [3.05, 3.63) is 44.0 Å². The van der Waals surface area contributed by atoms with Crippen molar-refractivity contribution in [3.8, 4) is 0 Å². The Hall–Kier alpha value is -2.55. The predicted molar refractivity (Wildman–Crippen MR) is 63.5 cm³/mol. The zero-order valence-corrected chi connectivity index (χ0v) is 9.90. The lowest BCUT2D eigenvalue weighted by molar-refractivity contribution is -0.394. The predicted octanol–water partition coefficient (Wildman–Crippen LogP) is 1.15. The molecule has 1 rings (SSSR count). The summed E-state index contributed by atoms with van der Waals surface area (Å²) in [4.78, 5) is 30.6. The number of hydrogen-bond acceptors (Lipinski definition) is 6. The van der Waals surface area contributed by atoms with Gasteiger partial charge >= 0.3 is 5.97 Å². The number of aliphatic carboxylic acids is 1. The fourth-order valence-corrected chi connectivity index (χ4v) is 1.68. The topological polar surface area (TPSA) is 150 Å². The zero-order valence-electron chi connectivity index (χ0n) is 9.90. The molecule has 0 saturated heterocycles. The lowest BCUT2D eigenvalue weighted by Crippen LogP contribution is -2.36. The van der Waals surface area contributed by atoms with Gasteiger partial charge in [-0.1, -0.05) is 0 Å². The van der Waals surface area contributed by atoms with E-state index in [1.807, 2.05) is 0 Å². The second-order valence-corrected chi connectivity index (χ2v) is 4.20. The van der Waals surface area contributed by atoms with Crippen molar-refractivity contribution in [2.45, 2.75) is 18.9 Å². The number of carboxylic acids is 1. The Balaban J connectivity index is 3.39. The number of rotatable bonds is 5. The summed E-state index contributed by atoms with van der Waals surface area (Å²) in [6.07, 6.45) is -0.536. The molecule has 3 N–H and O–H groups in total. The van der Waals surface area contributed by atoms with Crippen molar-refractivity contribution in [1.29, 1.82) is 0 Å². The minimum atomic E-state index is -1.50. The summed E-state index contributed by atoms with van der Waals surface area (Å²) < 4.78 is 0. The highest BCUT2D eigenvalue weighted by atomic mass is 16.6. The van der Waals surface area contributed by atoms with Crippen LogP contribution in [0.5, 0.6) is 0 Å². The summed E-state index contributed by atoms with van der Waals surface area (Å²) in [5.74, 6) is -1.22. The van der Waals surface area contributed by atoms with Gasteiger partial charge in [0.1, 0.15) is 0 Å². The van der Waals surface area contributed by atoms with Gasteiger partial charge in [0.15, 0.2) is 0 Å². The standard InChI is InChI=1S/C10H11N3O6/c1-10(11,5-9(14)15)7-3-2-6(12(16)17)4-8(7)13(18)19/h2-4H,5,11H2,1H3,(H,14,15). The van der Waals surface area contributed by atoms with E-state index in [9.17, 15) is 25.0 Å². The molecule has 0 aromatic heterocycles. The van der Waals surface area contributed by atoms with Crippen LogP contribution in [0.1, 0.15) is 18.9 Å². The van der Waals surface area contributed by atoms with E-state index in [1.165, 1.54) is 6.92 Å². The number of nitro benzene ring substituents is 2. The Bertz CT molecular complexity index is 554. The average molecular weight is 269 g/mol. The van der Waals surface area contributed by atoms with Gasteiger partial charge < -0.3 is 10.8 Å². The number of hydrogen-bond donors (Lipinski definition) is 2. The first-order valence-electron chi connectivity index (χ1n) is 5.09. The molecule has 102 valence electrons. The molecule has 0 amide bonds. The quantitative estimate of drug-likeness (QED) is 0.601. The van der Waals surface area contributed by atoms with Crippen molar-refractivity contribution in [2.24, 2.45) is 5.73 Å². The highest BCUT2D eigenvalue weighted by Crippen LogP contribution is 2.33. The molecule has 0 spiro atoms. The molecule has 0 fully saturated rings. The number of carboxylic acid groups (broad SMARTS) is 1. The SMILES string of the molecule is CC(N)(CC(=O)O)c1ccc([N+](=O)[O-])cc1[N+](=O)[O-]. The molecule has 1 aromatic carbocycles. The third-order valence-electron chi connectivity index (χ3n) is 2.52. The molecular weight excluding hydrogens is 258 g/mol. The molecule has 1 atom stereocenters. The summed E-state index contributed by atoms with van der Waals surface area (Å²) in [6.45, 7) is 1.31. The lowest BCUT2D eigenvalue weighted by Gasteiger charge is -2.22. The molecule has 0 aliphatic rings. The van der Waals surface area contributed by atoms with Crippen molar-refractivity contribution in [1.82, 2.24) is 0 Å². The van der Waals surface area contributed by atoms with Crippen LogP contribution >= 0.6 is 0 Å². The summed E-state index contributed by atoms with van der Waals surface area (Å²) in [5.41, 5.74) is 3.16. The molecule has 0 aliphatic heterocycles. The van der Waals surface area contributed by atoms with E-state index in [0.29, 0.717) is 0 Å². The van der Waals surface area contributed by atoms with E-state index in [0.717, 1.165) is 18.2 Å². The molecule has 0 radical (unpaired) electrons. The van der Waals surface area contributed by atoms with Crippen LogP contribution < -0.4 is 5.73 Å². The Morgan fingerprint density at radius 1 is 1.37 bits per heavy atom. The minimum absolute atomic E-state index is 0.0644. The van der Waals surface area contributed by atoms with E-state index in [4.69, 9.17) is 10.8 Å². The fraction of sp³-hybridized carbons (Fsp3) is 0.300. The van der Waals surface area contributed by atoms with Crippen molar-refractivity contribution < 1.29 is 19.7 Å². The first kappa shape index (κ1) is 14.5. The van der Waals surface area contributed by atoms with Gasteiger partial charge in [0.25, 0.3) is 11.4 Å². The highest BCUT2D eigenvalue weighted by Gasteiger charge is 2.33. The molecule has 0 saturated carbocycles. The maximum absolute atomic E-state index is 10.9. The van der Waals surface area contributed by atoms with Crippen molar-refractivity contribution in [3.63, 3.8) is 0 Å². The molecule has 0 bridgehead atoms. The summed E-state index contributed by atoms with van der Waals surface area (Å²) in [6, 6.07) is 2.93. The number of nitrogens with two attached hydrogens (primary N) is 1. The smallest absolute Gasteiger partial charge is 0.305 e. The van der Waals surface area contributed by atoms with Crippen LogP contribution in [0.15, 0.2) is 18.2 Å². The third-order valence-corrected chi connectivity index (χ3v) is 2.52. The van der Waals surface area contributed by atoms with Gasteiger partial charge in [-0.2, -0.15) is 0 Å². The Kier molecular flexibility index (Phi) is 3.80. The van der Waals surface area contributed by atoms with E-state index in [2.05, 4.69) is 0 Å². The van der Waals surface area contributed by atoms with Gasteiger partial charge in [-0.25, -0.2) is 0 Å². The van der Waals surface area contributed by atoms with E-state index in [-0.39, 0.29) is 5.56 Å². The molecule has 9 nitrogen and oxygen atoms in total. The van der Waals surface area contributed by atoms with E-state index in [1.54, 1.807) is 0 Å². The molecule has 1 aromatic rings. The third kappa shape index (κ3) is 3.22. The van der Waals surface area contributed by atoms with Crippen LogP contribution in [-0.4, -0.2) is 20.9 Å². The number of carbonyl (C=O) groups is 1. The maximum Gasteiger partial charge on any atom is 0.305 e. The number of benzene rings is 1. The van der Waals surface area contributed by atoms with Gasteiger partial charge in [-0.15, -0.1) is 0 Å². The molecule has 0 heterocycles. The van der Waals surface area contributed by atoms with Crippen molar-refractivity contribution >= 4 is 17.3 Å². The normalized spacial score (nSPS) is 13.6. The van der Waals surface area contributed by atoms with E-state index >= 15 is 0 Å². The van der Waals surface area contributed by atoms with Crippen LogP contribution in [0.2, 0.25) is 0 Å². The van der Waals surface area contributed by atoms with Crippen LogP contribution in [0.4, 0.5) is 11.4 Å². The second-order valence-electron chi connectivity index (χ2n) is 4.20. The van der Waals surface area contributed by atoms with Gasteiger partial charge in [0.05, 0.1) is 33.4 Å². The number of nitrogens with zero attached hydrogens (tertiary/aromatic N) is 2. The van der Waals surface area contributed by atoms with Crippen molar-refractivity contribution in [2.75, 3.05) is 0 Å². The first-order valence-corrected chi connectivity index (χ1v) is 5.09. The van der Waals surface area contributed by atoms with Gasteiger partial charge in [-0.05, 0) is 13.0 Å². The van der Waals surface area contributed by atoms with E-state index < -0.39 is 39.2 Å². The lowest BCUT2D eigenvalue weighted by atomic mass is 9.88. The van der Waals surface area contributed by atoms with Gasteiger partial charge in [0.2, 0.25) is 0 Å². The summed E-state index contributed by atoms with van der Waals surface area (Å²) in [7, 11) is 0. The molecule has 1 unspecified atom stereocenters. The maximum atomic E-state index is 10.9. The second kappa shape index (κ2) is 4.98. The zero-order chi connectivity index (χ0) is 14.8.